The summed E-state index contributed by atoms with van der Waals surface area (Å²) in [5, 5.41) is 15.3. The molecule has 0 radical (unpaired) electrons. The highest BCUT2D eigenvalue weighted by Crippen LogP contribution is 2.10. The third-order valence-corrected chi connectivity index (χ3v) is 2.71. The molecule has 122 valence electrons. The zero-order chi connectivity index (χ0) is 16.8. The number of alkyl carbamates (subject to hydrolysis) is 1. The number of hydrogen-bond donors (Lipinski definition) is 3. The Morgan fingerprint density at radius 2 is 1.77 bits per heavy atom. The van der Waals surface area contributed by atoms with Crippen molar-refractivity contribution in [2.45, 2.75) is 39.4 Å². The molecule has 1 unspecified atom stereocenters. The topological polar surface area (TPSA) is 87.7 Å². The van der Waals surface area contributed by atoms with Crippen LogP contribution in [0.3, 0.4) is 0 Å². The Labute approximate surface area is 130 Å². The van der Waals surface area contributed by atoms with Gasteiger partial charge < -0.3 is 20.5 Å². The van der Waals surface area contributed by atoms with Gasteiger partial charge in [-0.2, -0.15) is 0 Å². The number of ether oxygens (including phenoxy) is 1. The zero-order valence-corrected chi connectivity index (χ0v) is 13.5. The van der Waals surface area contributed by atoms with Crippen molar-refractivity contribution in [1.29, 1.82) is 0 Å². The Kier molecular flexibility index (Phi) is 6.37. The summed E-state index contributed by atoms with van der Waals surface area (Å²) < 4.78 is 5.07. The van der Waals surface area contributed by atoms with E-state index in [-0.39, 0.29) is 18.9 Å². The Balaban J connectivity index is 2.32. The van der Waals surface area contributed by atoms with Gasteiger partial charge in [-0.3, -0.25) is 4.79 Å². The number of benzene rings is 1. The largest absolute Gasteiger partial charge is 0.444 e. The molecule has 1 atom stereocenters. The maximum atomic E-state index is 11.4. The maximum Gasteiger partial charge on any atom is 0.407 e. The standard InChI is InChI=1S/C16H24N2O4/c1-11(19)12-5-7-13(8-6-12)17-9-14(20)10-18-15(21)22-16(2,3)4/h5-8,14,17,20H,9-10H2,1-4H3,(H,18,21). The van der Waals surface area contributed by atoms with Crippen molar-refractivity contribution >= 4 is 17.6 Å². The minimum absolute atomic E-state index is 0.00754. The van der Waals surface area contributed by atoms with Gasteiger partial charge in [0.15, 0.2) is 5.78 Å². The quantitative estimate of drug-likeness (QED) is 0.701. The normalized spacial score (nSPS) is 12.4. The fourth-order valence-corrected chi connectivity index (χ4v) is 1.65. The van der Waals surface area contributed by atoms with Gasteiger partial charge >= 0.3 is 6.09 Å². The Morgan fingerprint density at radius 3 is 2.27 bits per heavy atom. The molecule has 1 amide bonds. The number of nitrogens with one attached hydrogen (secondary N) is 2. The highest BCUT2D eigenvalue weighted by Gasteiger charge is 2.16. The molecule has 0 aliphatic carbocycles. The number of aliphatic hydroxyl groups excluding tert-OH is 1. The van der Waals surface area contributed by atoms with Crippen LogP contribution in [0.4, 0.5) is 10.5 Å². The number of rotatable bonds is 6. The van der Waals surface area contributed by atoms with Gasteiger partial charge in [-0.15, -0.1) is 0 Å². The van der Waals surface area contributed by atoms with E-state index in [0.29, 0.717) is 5.56 Å². The second kappa shape index (κ2) is 7.79. The highest BCUT2D eigenvalue weighted by atomic mass is 16.6. The van der Waals surface area contributed by atoms with Gasteiger partial charge in [0.1, 0.15) is 5.60 Å². The van der Waals surface area contributed by atoms with Gasteiger partial charge in [-0.25, -0.2) is 4.79 Å². The van der Waals surface area contributed by atoms with E-state index in [0.717, 1.165) is 5.69 Å². The number of ketones is 1. The number of amides is 1. The first kappa shape index (κ1) is 18.0. The van der Waals surface area contributed by atoms with Crippen molar-refractivity contribution in [3.8, 4) is 0 Å². The van der Waals surface area contributed by atoms with E-state index in [1.165, 1.54) is 6.92 Å². The van der Waals surface area contributed by atoms with Crippen LogP contribution < -0.4 is 10.6 Å². The Hall–Kier alpha value is -2.08. The number of carbonyl (C=O) groups excluding carboxylic acids is 2. The highest BCUT2D eigenvalue weighted by molar-refractivity contribution is 5.94. The number of aliphatic hydroxyl groups is 1. The second-order valence-electron chi connectivity index (χ2n) is 6.05. The van der Waals surface area contributed by atoms with Gasteiger partial charge in [0.05, 0.1) is 6.10 Å². The molecule has 0 spiro atoms. The number of hydrogen-bond acceptors (Lipinski definition) is 5. The molecule has 6 nitrogen and oxygen atoms in total. The van der Waals surface area contributed by atoms with Crippen LogP contribution in [0.5, 0.6) is 0 Å². The van der Waals surface area contributed by atoms with Crippen molar-refractivity contribution in [2.75, 3.05) is 18.4 Å². The van der Waals surface area contributed by atoms with Gasteiger partial charge in [0.2, 0.25) is 0 Å². The first-order chi connectivity index (χ1) is 10.2. The molecule has 0 aliphatic heterocycles. The Bertz CT molecular complexity index is 506. The summed E-state index contributed by atoms with van der Waals surface area (Å²) in [4.78, 5) is 22.6. The predicted octanol–water partition coefficient (Wildman–Crippen LogP) is 2.19. The van der Waals surface area contributed by atoms with Crippen molar-refractivity contribution in [3.05, 3.63) is 29.8 Å². The summed E-state index contributed by atoms with van der Waals surface area (Å²) in [5.74, 6) is 0.00754. The van der Waals surface area contributed by atoms with E-state index < -0.39 is 17.8 Å². The molecule has 0 aliphatic rings. The lowest BCUT2D eigenvalue weighted by Gasteiger charge is -2.20. The van der Waals surface area contributed by atoms with Crippen molar-refractivity contribution in [1.82, 2.24) is 5.32 Å². The molecule has 0 fully saturated rings. The molecule has 6 heteroatoms. The summed E-state index contributed by atoms with van der Waals surface area (Å²) in [7, 11) is 0. The van der Waals surface area contributed by atoms with E-state index >= 15 is 0 Å². The summed E-state index contributed by atoms with van der Waals surface area (Å²) in [6, 6.07) is 6.97. The molecule has 0 saturated carbocycles. The third kappa shape index (κ3) is 7.08. The van der Waals surface area contributed by atoms with Crippen LogP contribution in [0.2, 0.25) is 0 Å². The lowest BCUT2D eigenvalue weighted by molar-refractivity contribution is 0.0496. The molecule has 0 heterocycles. The molecule has 1 aromatic carbocycles. The predicted molar refractivity (Wildman–Crippen MR) is 85.2 cm³/mol. The molecule has 0 saturated heterocycles. The fourth-order valence-electron chi connectivity index (χ4n) is 1.65. The van der Waals surface area contributed by atoms with Crippen LogP contribution in [-0.4, -0.2) is 41.8 Å². The monoisotopic (exact) mass is 308 g/mol. The van der Waals surface area contributed by atoms with Crippen LogP contribution in [-0.2, 0) is 4.74 Å². The van der Waals surface area contributed by atoms with Crippen molar-refractivity contribution in [3.63, 3.8) is 0 Å². The Morgan fingerprint density at radius 1 is 1.18 bits per heavy atom. The number of Topliss-reactive ketones (excluding diaryl/α,β-unsaturated/α-hetero) is 1. The smallest absolute Gasteiger partial charge is 0.407 e. The molecule has 3 N–H and O–H groups in total. The summed E-state index contributed by atoms with van der Waals surface area (Å²) >= 11 is 0. The first-order valence-electron chi connectivity index (χ1n) is 7.17. The summed E-state index contributed by atoms with van der Waals surface area (Å²) in [5.41, 5.74) is 0.866. The van der Waals surface area contributed by atoms with Crippen molar-refractivity contribution in [2.24, 2.45) is 0 Å². The van der Waals surface area contributed by atoms with Crippen LogP contribution in [0.1, 0.15) is 38.1 Å². The average Bonchev–Trinajstić information content (AvgIpc) is 2.41. The minimum Gasteiger partial charge on any atom is -0.444 e. The zero-order valence-electron chi connectivity index (χ0n) is 13.5. The maximum absolute atomic E-state index is 11.4. The van der Waals surface area contributed by atoms with E-state index in [1.807, 2.05) is 0 Å². The molecule has 1 rings (SSSR count). The molecular formula is C16H24N2O4. The van der Waals surface area contributed by atoms with E-state index in [4.69, 9.17) is 4.74 Å². The van der Waals surface area contributed by atoms with Crippen LogP contribution in [0.25, 0.3) is 0 Å². The lowest BCUT2D eigenvalue weighted by atomic mass is 10.1. The number of carbonyl (C=O) groups is 2. The molecule has 22 heavy (non-hydrogen) atoms. The summed E-state index contributed by atoms with van der Waals surface area (Å²) in [6.07, 6.45) is -1.31. The second-order valence-corrected chi connectivity index (χ2v) is 6.05. The number of anilines is 1. The first-order valence-corrected chi connectivity index (χ1v) is 7.17. The minimum atomic E-state index is -0.750. The fraction of sp³-hybridized carbons (Fsp3) is 0.500. The molecular weight excluding hydrogens is 284 g/mol. The SMILES string of the molecule is CC(=O)c1ccc(NCC(O)CNC(=O)OC(C)(C)C)cc1. The van der Waals surface area contributed by atoms with E-state index in [9.17, 15) is 14.7 Å². The van der Waals surface area contributed by atoms with E-state index in [1.54, 1.807) is 45.0 Å². The van der Waals surface area contributed by atoms with Crippen molar-refractivity contribution < 1.29 is 19.4 Å². The van der Waals surface area contributed by atoms with Crippen LogP contribution in [0.15, 0.2) is 24.3 Å². The molecule has 0 bridgehead atoms. The van der Waals surface area contributed by atoms with Gasteiger partial charge in [-0.05, 0) is 52.0 Å². The van der Waals surface area contributed by atoms with Gasteiger partial charge in [-0.1, -0.05) is 0 Å². The average molecular weight is 308 g/mol. The van der Waals surface area contributed by atoms with Gasteiger partial charge in [0.25, 0.3) is 0 Å². The van der Waals surface area contributed by atoms with Crippen LogP contribution >= 0.6 is 0 Å². The van der Waals surface area contributed by atoms with E-state index in [2.05, 4.69) is 10.6 Å². The summed E-state index contributed by atoms with van der Waals surface area (Å²) in [6.45, 7) is 7.19. The van der Waals surface area contributed by atoms with Gasteiger partial charge in [0, 0.05) is 24.3 Å². The lowest BCUT2D eigenvalue weighted by Crippen LogP contribution is -2.39. The molecule has 1 aromatic rings. The molecule has 0 aromatic heterocycles. The third-order valence-electron chi connectivity index (χ3n) is 2.71. The van der Waals surface area contributed by atoms with Crippen LogP contribution in [0, 0.1) is 0 Å².